The third-order valence-electron chi connectivity index (χ3n) is 4.79. The van der Waals surface area contributed by atoms with E-state index in [1.165, 1.54) is 4.90 Å². The van der Waals surface area contributed by atoms with E-state index in [0.29, 0.717) is 23.7 Å². The molecule has 1 aromatic heterocycles. The molecule has 0 radical (unpaired) electrons. The zero-order valence-corrected chi connectivity index (χ0v) is 18.8. The third-order valence-corrected chi connectivity index (χ3v) is 5.89. The molecule has 0 aliphatic carbocycles. The lowest BCUT2D eigenvalue weighted by Gasteiger charge is -2.30. The number of nitrogen functional groups attached to an aromatic ring is 1. The smallest absolute Gasteiger partial charge is 0.272 e. The van der Waals surface area contributed by atoms with Crippen LogP contribution in [0.2, 0.25) is 5.02 Å². The number of anilines is 2. The molecular weight excluding hydrogens is 450 g/mol. The van der Waals surface area contributed by atoms with E-state index < -0.39 is 17.9 Å². The van der Waals surface area contributed by atoms with Gasteiger partial charge in [-0.15, -0.1) is 0 Å². The summed E-state index contributed by atoms with van der Waals surface area (Å²) in [6.07, 6.45) is 0.330. The van der Waals surface area contributed by atoms with Gasteiger partial charge >= 0.3 is 0 Å². The van der Waals surface area contributed by atoms with Gasteiger partial charge in [-0.3, -0.25) is 19.3 Å². The fraction of sp³-hybridized carbons (Fsp3) is 0.182. The van der Waals surface area contributed by atoms with E-state index in [4.69, 9.17) is 23.1 Å². The molecule has 0 bridgehead atoms. The molecule has 8 nitrogen and oxygen atoms in total. The molecule has 32 heavy (non-hydrogen) atoms. The van der Waals surface area contributed by atoms with Crippen molar-refractivity contribution in [3.05, 3.63) is 75.8 Å². The Hall–Kier alpha value is -3.43. The summed E-state index contributed by atoms with van der Waals surface area (Å²) in [6.45, 7) is 2.11. The molecule has 0 fully saturated rings. The molecule has 0 saturated heterocycles. The number of benzene rings is 2. The topological polar surface area (TPSA) is 131 Å². The second-order valence-electron chi connectivity index (χ2n) is 6.92. The number of hydrogen-bond donors (Lipinski definition) is 3. The molecule has 0 unspecified atom stereocenters. The van der Waals surface area contributed by atoms with Gasteiger partial charge in [-0.2, -0.15) is 4.37 Å². The van der Waals surface area contributed by atoms with Crippen LogP contribution in [0.25, 0.3) is 0 Å². The average molecular weight is 472 g/mol. The number of aromatic nitrogens is 1. The van der Waals surface area contributed by atoms with E-state index in [0.717, 1.165) is 17.1 Å². The maximum Gasteiger partial charge on any atom is 0.272 e. The van der Waals surface area contributed by atoms with Crippen LogP contribution < -0.4 is 21.7 Å². The Morgan fingerprint density at radius 2 is 1.78 bits per heavy atom. The van der Waals surface area contributed by atoms with E-state index >= 15 is 0 Å². The van der Waals surface area contributed by atoms with Crippen LogP contribution in [0.5, 0.6) is 0 Å². The molecule has 3 amide bonds. The van der Waals surface area contributed by atoms with Gasteiger partial charge in [0.2, 0.25) is 5.91 Å². The molecule has 166 valence electrons. The van der Waals surface area contributed by atoms with E-state index in [-0.39, 0.29) is 22.2 Å². The maximum atomic E-state index is 13.5. The number of nitrogens with two attached hydrogens (primary N) is 2. The number of hydrogen-bond acceptors (Lipinski definition) is 6. The summed E-state index contributed by atoms with van der Waals surface area (Å²) in [5, 5.41) is 3.36. The van der Waals surface area contributed by atoms with Gasteiger partial charge in [-0.25, -0.2) is 0 Å². The fourth-order valence-electron chi connectivity index (χ4n) is 3.17. The van der Waals surface area contributed by atoms with Crippen molar-refractivity contribution in [2.45, 2.75) is 25.9 Å². The average Bonchev–Trinajstić information content (AvgIpc) is 3.18. The van der Waals surface area contributed by atoms with Gasteiger partial charge in [0.05, 0.1) is 5.69 Å². The second-order valence-corrected chi connectivity index (χ2v) is 8.13. The molecule has 5 N–H and O–H groups in total. The predicted octanol–water partition coefficient (Wildman–Crippen LogP) is 3.22. The predicted molar refractivity (Wildman–Crippen MR) is 126 cm³/mol. The highest BCUT2D eigenvalue weighted by Gasteiger charge is 2.33. The molecule has 2 aromatic carbocycles. The first-order valence-electron chi connectivity index (χ1n) is 9.79. The van der Waals surface area contributed by atoms with Crippen LogP contribution >= 0.6 is 23.1 Å². The summed E-state index contributed by atoms with van der Waals surface area (Å²) in [6, 6.07) is 15.1. The van der Waals surface area contributed by atoms with Crippen LogP contribution in [0.1, 0.15) is 39.1 Å². The highest BCUT2D eigenvalue weighted by molar-refractivity contribution is 7.09. The zero-order chi connectivity index (χ0) is 23.3. The Bertz CT molecular complexity index is 1120. The second kappa shape index (κ2) is 10.3. The van der Waals surface area contributed by atoms with Crippen LogP contribution in [0.4, 0.5) is 11.4 Å². The van der Waals surface area contributed by atoms with E-state index in [1.54, 1.807) is 31.2 Å². The first-order chi connectivity index (χ1) is 15.3. The normalized spacial score (nSPS) is 11.6. The lowest BCUT2D eigenvalue weighted by molar-refractivity contribution is -0.122. The highest BCUT2D eigenvalue weighted by atomic mass is 35.5. The zero-order valence-electron chi connectivity index (χ0n) is 17.2. The first-order valence-corrected chi connectivity index (χ1v) is 10.9. The molecule has 1 heterocycles. The van der Waals surface area contributed by atoms with Crippen molar-refractivity contribution in [3.8, 4) is 0 Å². The molecule has 0 saturated carbocycles. The first kappa shape index (κ1) is 23.2. The van der Waals surface area contributed by atoms with Gasteiger partial charge in [0, 0.05) is 17.3 Å². The summed E-state index contributed by atoms with van der Waals surface area (Å²) in [5.74, 6) is -1.72. The minimum absolute atomic E-state index is 0.0306. The van der Waals surface area contributed by atoms with E-state index in [9.17, 15) is 14.4 Å². The van der Waals surface area contributed by atoms with Crippen LogP contribution in [0, 0.1) is 0 Å². The third kappa shape index (κ3) is 5.06. The van der Waals surface area contributed by atoms with Crippen molar-refractivity contribution >= 4 is 52.2 Å². The highest BCUT2D eigenvalue weighted by Crippen LogP contribution is 2.29. The van der Waals surface area contributed by atoms with E-state index in [1.807, 2.05) is 30.3 Å². The molecule has 0 spiro atoms. The Labute approximate surface area is 194 Å². The van der Waals surface area contributed by atoms with Gasteiger partial charge in [-0.05, 0) is 47.8 Å². The summed E-state index contributed by atoms with van der Waals surface area (Å²) < 4.78 is 3.91. The van der Waals surface area contributed by atoms with Crippen molar-refractivity contribution in [2.24, 2.45) is 5.73 Å². The number of primary amides is 1. The van der Waals surface area contributed by atoms with Gasteiger partial charge in [0.1, 0.15) is 10.9 Å². The number of amides is 3. The van der Waals surface area contributed by atoms with Gasteiger partial charge in [-0.1, -0.05) is 48.9 Å². The number of nitrogens with zero attached hydrogens (tertiary/aromatic N) is 2. The summed E-state index contributed by atoms with van der Waals surface area (Å²) >= 11 is 6.77. The molecule has 0 aliphatic rings. The van der Waals surface area contributed by atoms with Crippen molar-refractivity contribution in [1.29, 1.82) is 0 Å². The molecule has 1 atom stereocenters. The molecule has 3 rings (SSSR count). The Kier molecular flexibility index (Phi) is 7.45. The number of carbonyl (C=O) groups excluding carboxylic acids is 3. The van der Waals surface area contributed by atoms with E-state index in [2.05, 4.69) is 9.69 Å². The monoisotopic (exact) mass is 471 g/mol. The quantitative estimate of drug-likeness (QED) is 0.464. The molecule has 3 aromatic rings. The Morgan fingerprint density at radius 3 is 2.34 bits per heavy atom. The van der Waals surface area contributed by atoms with Crippen molar-refractivity contribution < 1.29 is 14.4 Å². The van der Waals surface area contributed by atoms with Gasteiger partial charge in [0.15, 0.2) is 5.69 Å². The van der Waals surface area contributed by atoms with Gasteiger partial charge < -0.3 is 16.8 Å². The fourth-order valence-corrected chi connectivity index (χ4v) is 4.04. The van der Waals surface area contributed by atoms with Crippen molar-refractivity contribution in [3.63, 3.8) is 0 Å². The summed E-state index contributed by atoms with van der Waals surface area (Å²) in [7, 11) is 0. The number of halogens is 1. The largest absolute Gasteiger partial charge is 0.395 e. The lowest BCUT2D eigenvalue weighted by Crippen LogP contribution is -2.49. The number of carbonyl (C=O) groups is 3. The standard InChI is InChI=1S/C22H22ClN5O3S/c1-2-16(21(30)26-12-13-6-4-3-5-7-13)28(15-10-8-14(23)9-11-15)22(31)19-17(24)18(20(25)29)27-32-19/h3-11,16H,2,12,24H2,1H3,(H2,25,29)(H,26,30)/t16-/m1/s1. The van der Waals surface area contributed by atoms with Gasteiger partial charge in [0.25, 0.3) is 11.8 Å². The van der Waals surface area contributed by atoms with Crippen LogP contribution in [-0.2, 0) is 11.3 Å². The van der Waals surface area contributed by atoms with Crippen LogP contribution in [-0.4, -0.2) is 28.1 Å². The molecular formula is C22H22ClN5O3S. The molecule has 10 heteroatoms. The van der Waals surface area contributed by atoms with Crippen LogP contribution in [0.3, 0.4) is 0 Å². The number of rotatable bonds is 8. The lowest BCUT2D eigenvalue weighted by atomic mass is 10.1. The number of nitrogens with one attached hydrogen (secondary N) is 1. The summed E-state index contributed by atoms with van der Waals surface area (Å²) in [4.78, 5) is 39.5. The van der Waals surface area contributed by atoms with Crippen LogP contribution in [0.15, 0.2) is 54.6 Å². The Balaban J connectivity index is 1.95. The maximum absolute atomic E-state index is 13.5. The minimum atomic E-state index is -0.842. The van der Waals surface area contributed by atoms with Crippen molar-refractivity contribution in [1.82, 2.24) is 9.69 Å². The SMILES string of the molecule is CC[C@H](C(=O)NCc1ccccc1)N(C(=O)c1snc(C(N)=O)c1N)c1ccc(Cl)cc1. The molecule has 0 aliphatic heterocycles. The minimum Gasteiger partial charge on any atom is -0.395 e. The summed E-state index contributed by atoms with van der Waals surface area (Å²) in [5.41, 5.74) is 12.4. The van der Waals surface area contributed by atoms with Crippen molar-refractivity contribution in [2.75, 3.05) is 10.6 Å². The Morgan fingerprint density at radius 1 is 1.12 bits per heavy atom.